The molecule has 0 radical (unpaired) electrons. The van der Waals surface area contributed by atoms with Crippen LogP contribution in [0.3, 0.4) is 0 Å². The second-order valence-electron chi connectivity index (χ2n) is 5.65. The standard InChI is InChI=1S/C21H18INO/c1-15-9-5-6-12-17(15)20(16-10-3-2-4-11-16)23-21(24)18-13-7-8-14-19(18)22/h2-14,20H,1H3,(H,23,24). The average molecular weight is 427 g/mol. The Labute approximate surface area is 156 Å². The van der Waals surface area contributed by atoms with Crippen LogP contribution in [-0.2, 0) is 0 Å². The molecule has 0 aliphatic carbocycles. The summed E-state index contributed by atoms with van der Waals surface area (Å²) in [6.07, 6.45) is 0. The Morgan fingerprint density at radius 1 is 0.875 bits per heavy atom. The van der Waals surface area contributed by atoms with Crippen LogP contribution in [0.5, 0.6) is 0 Å². The van der Waals surface area contributed by atoms with Crippen molar-refractivity contribution >= 4 is 28.5 Å². The number of amides is 1. The third kappa shape index (κ3) is 3.67. The molecule has 2 nitrogen and oxygen atoms in total. The molecule has 0 aliphatic heterocycles. The Bertz CT molecular complexity index is 845. The molecular formula is C21H18INO. The zero-order valence-electron chi connectivity index (χ0n) is 13.4. The summed E-state index contributed by atoms with van der Waals surface area (Å²) in [5.41, 5.74) is 4.05. The van der Waals surface area contributed by atoms with Gasteiger partial charge in [-0.05, 0) is 58.3 Å². The normalized spacial score (nSPS) is 11.8. The van der Waals surface area contributed by atoms with Gasteiger partial charge >= 0.3 is 0 Å². The molecule has 1 atom stereocenters. The molecule has 0 bridgehead atoms. The van der Waals surface area contributed by atoms with E-state index in [1.807, 2.05) is 66.7 Å². The minimum Gasteiger partial charge on any atom is -0.341 e. The molecule has 0 saturated heterocycles. The summed E-state index contributed by atoms with van der Waals surface area (Å²) in [7, 11) is 0. The fourth-order valence-electron chi connectivity index (χ4n) is 2.75. The molecule has 0 aromatic heterocycles. The molecule has 3 aromatic rings. The fourth-order valence-corrected chi connectivity index (χ4v) is 3.38. The van der Waals surface area contributed by atoms with Crippen LogP contribution in [0.15, 0.2) is 78.9 Å². The lowest BCUT2D eigenvalue weighted by atomic mass is 9.94. The second kappa shape index (κ2) is 7.62. The van der Waals surface area contributed by atoms with Gasteiger partial charge in [0.2, 0.25) is 0 Å². The quantitative estimate of drug-likeness (QED) is 0.576. The maximum Gasteiger partial charge on any atom is 0.253 e. The monoisotopic (exact) mass is 427 g/mol. The molecule has 3 aromatic carbocycles. The van der Waals surface area contributed by atoms with Crippen molar-refractivity contribution in [3.8, 4) is 0 Å². The van der Waals surface area contributed by atoms with E-state index in [9.17, 15) is 4.79 Å². The largest absolute Gasteiger partial charge is 0.341 e. The molecule has 3 heteroatoms. The lowest BCUT2D eigenvalue weighted by Crippen LogP contribution is -2.30. The van der Waals surface area contributed by atoms with Crippen molar-refractivity contribution in [2.45, 2.75) is 13.0 Å². The molecule has 0 spiro atoms. The molecule has 1 N–H and O–H groups in total. The predicted octanol–water partition coefficient (Wildman–Crippen LogP) is 5.12. The molecule has 0 heterocycles. The van der Waals surface area contributed by atoms with Gasteiger partial charge in [0.15, 0.2) is 0 Å². The van der Waals surface area contributed by atoms with E-state index < -0.39 is 0 Å². The molecule has 1 unspecified atom stereocenters. The second-order valence-corrected chi connectivity index (χ2v) is 6.82. The predicted molar refractivity (Wildman–Crippen MR) is 106 cm³/mol. The third-order valence-corrected chi connectivity index (χ3v) is 4.97. The number of benzene rings is 3. The minimum absolute atomic E-state index is 0.0582. The number of carbonyl (C=O) groups is 1. The summed E-state index contributed by atoms with van der Waals surface area (Å²) in [6, 6.07) is 25.7. The van der Waals surface area contributed by atoms with E-state index in [0.717, 1.165) is 20.3 Å². The maximum absolute atomic E-state index is 12.8. The van der Waals surface area contributed by atoms with Crippen molar-refractivity contribution in [3.63, 3.8) is 0 Å². The van der Waals surface area contributed by atoms with Crippen LogP contribution in [0.25, 0.3) is 0 Å². The van der Waals surface area contributed by atoms with Crippen molar-refractivity contribution in [1.29, 1.82) is 0 Å². The van der Waals surface area contributed by atoms with Gasteiger partial charge in [-0.2, -0.15) is 0 Å². The van der Waals surface area contributed by atoms with Crippen LogP contribution in [0.2, 0.25) is 0 Å². The number of halogens is 1. The highest BCUT2D eigenvalue weighted by Gasteiger charge is 2.20. The van der Waals surface area contributed by atoms with E-state index in [1.54, 1.807) is 0 Å². The van der Waals surface area contributed by atoms with Crippen LogP contribution in [0.1, 0.15) is 33.1 Å². The third-order valence-electron chi connectivity index (χ3n) is 4.03. The van der Waals surface area contributed by atoms with Gasteiger partial charge in [0.05, 0.1) is 11.6 Å². The lowest BCUT2D eigenvalue weighted by molar-refractivity contribution is 0.0942. The van der Waals surface area contributed by atoms with E-state index in [0.29, 0.717) is 5.56 Å². The first-order valence-corrected chi connectivity index (χ1v) is 8.90. The fraction of sp³-hybridized carbons (Fsp3) is 0.0952. The Kier molecular flexibility index (Phi) is 5.30. The smallest absolute Gasteiger partial charge is 0.253 e. The van der Waals surface area contributed by atoms with E-state index >= 15 is 0 Å². The van der Waals surface area contributed by atoms with Gasteiger partial charge in [-0.25, -0.2) is 0 Å². The molecule has 24 heavy (non-hydrogen) atoms. The molecule has 3 rings (SSSR count). The van der Waals surface area contributed by atoms with E-state index in [-0.39, 0.29) is 11.9 Å². The highest BCUT2D eigenvalue weighted by Crippen LogP contribution is 2.25. The summed E-state index contributed by atoms with van der Waals surface area (Å²) >= 11 is 2.20. The molecule has 0 fully saturated rings. The zero-order chi connectivity index (χ0) is 16.9. The van der Waals surface area contributed by atoms with Gasteiger partial charge in [-0.3, -0.25) is 4.79 Å². The molecule has 0 aliphatic rings. The van der Waals surface area contributed by atoms with E-state index in [1.165, 1.54) is 0 Å². The van der Waals surface area contributed by atoms with Gasteiger partial charge in [0.25, 0.3) is 5.91 Å². The Morgan fingerprint density at radius 2 is 1.50 bits per heavy atom. The zero-order valence-corrected chi connectivity index (χ0v) is 15.5. The van der Waals surface area contributed by atoms with Crippen LogP contribution >= 0.6 is 22.6 Å². The van der Waals surface area contributed by atoms with Gasteiger partial charge in [0, 0.05) is 3.57 Å². The van der Waals surface area contributed by atoms with Gasteiger partial charge in [-0.1, -0.05) is 66.7 Å². The van der Waals surface area contributed by atoms with Crippen molar-refractivity contribution in [2.75, 3.05) is 0 Å². The minimum atomic E-state index is -0.170. The number of hydrogen-bond acceptors (Lipinski definition) is 1. The summed E-state index contributed by atoms with van der Waals surface area (Å²) in [6.45, 7) is 2.07. The summed E-state index contributed by atoms with van der Waals surface area (Å²) in [4.78, 5) is 12.8. The summed E-state index contributed by atoms with van der Waals surface area (Å²) in [5, 5.41) is 3.20. The Balaban J connectivity index is 1.99. The highest BCUT2D eigenvalue weighted by atomic mass is 127. The number of rotatable bonds is 4. The number of aryl methyl sites for hydroxylation is 1. The van der Waals surface area contributed by atoms with Crippen LogP contribution < -0.4 is 5.32 Å². The first kappa shape index (κ1) is 16.7. The lowest BCUT2D eigenvalue weighted by Gasteiger charge is -2.22. The van der Waals surface area contributed by atoms with Crippen molar-refractivity contribution in [1.82, 2.24) is 5.32 Å². The first-order chi connectivity index (χ1) is 11.7. The van der Waals surface area contributed by atoms with Gasteiger partial charge in [0.1, 0.15) is 0 Å². The van der Waals surface area contributed by atoms with E-state index in [4.69, 9.17) is 0 Å². The Morgan fingerprint density at radius 3 is 2.21 bits per heavy atom. The van der Waals surface area contributed by atoms with Crippen LogP contribution in [0, 0.1) is 10.5 Å². The topological polar surface area (TPSA) is 29.1 Å². The Hall–Kier alpha value is -2.14. The first-order valence-electron chi connectivity index (χ1n) is 7.82. The van der Waals surface area contributed by atoms with E-state index in [2.05, 4.69) is 47.0 Å². The van der Waals surface area contributed by atoms with Crippen molar-refractivity contribution in [2.24, 2.45) is 0 Å². The van der Waals surface area contributed by atoms with Crippen molar-refractivity contribution < 1.29 is 4.79 Å². The summed E-state index contributed by atoms with van der Waals surface area (Å²) < 4.78 is 0.948. The number of nitrogens with one attached hydrogen (secondary N) is 1. The number of hydrogen-bond donors (Lipinski definition) is 1. The van der Waals surface area contributed by atoms with Gasteiger partial charge in [-0.15, -0.1) is 0 Å². The molecule has 120 valence electrons. The van der Waals surface area contributed by atoms with Crippen molar-refractivity contribution in [3.05, 3.63) is 105 Å². The highest BCUT2D eigenvalue weighted by molar-refractivity contribution is 14.1. The van der Waals surface area contributed by atoms with Crippen LogP contribution in [-0.4, -0.2) is 5.91 Å². The summed E-state index contributed by atoms with van der Waals surface area (Å²) in [5.74, 6) is -0.0582. The van der Waals surface area contributed by atoms with Gasteiger partial charge < -0.3 is 5.32 Å². The van der Waals surface area contributed by atoms with Crippen LogP contribution in [0.4, 0.5) is 0 Å². The SMILES string of the molecule is Cc1ccccc1C(NC(=O)c1ccccc1I)c1ccccc1. The maximum atomic E-state index is 12.8. The number of carbonyl (C=O) groups excluding carboxylic acids is 1. The average Bonchev–Trinajstić information content (AvgIpc) is 2.61. The molecule has 0 saturated carbocycles. The molecule has 1 amide bonds. The molecular weight excluding hydrogens is 409 g/mol.